The van der Waals surface area contributed by atoms with E-state index in [4.69, 9.17) is 16.3 Å². The van der Waals surface area contributed by atoms with Gasteiger partial charge in [-0.2, -0.15) is 4.72 Å². The van der Waals surface area contributed by atoms with Crippen molar-refractivity contribution in [3.63, 3.8) is 0 Å². The Hall–Kier alpha value is -3.40. The maximum atomic E-state index is 13.2. The van der Waals surface area contributed by atoms with Gasteiger partial charge < -0.3 is 15.4 Å². The van der Waals surface area contributed by atoms with Crippen molar-refractivity contribution in [1.82, 2.24) is 4.72 Å². The summed E-state index contributed by atoms with van der Waals surface area (Å²) in [5, 5.41) is 5.57. The van der Waals surface area contributed by atoms with Gasteiger partial charge >= 0.3 is 0 Å². The Morgan fingerprint density at radius 1 is 0.941 bits per heavy atom. The Morgan fingerprint density at radius 3 is 2.15 bits per heavy atom. The third-order valence-electron chi connectivity index (χ3n) is 4.78. The number of nitrogens with one attached hydrogen (secondary N) is 3. The topological polar surface area (TPSA) is 114 Å². The van der Waals surface area contributed by atoms with Gasteiger partial charge in [-0.1, -0.05) is 41.9 Å². The number of ether oxygens (including phenoxy) is 1. The number of anilines is 2. The van der Waals surface area contributed by atoms with E-state index in [0.717, 1.165) is 5.56 Å². The summed E-state index contributed by atoms with van der Waals surface area (Å²) in [4.78, 5) is 24.2. The van der Waals surface area contributed by atoms with Crippen molar-refractivity contribution in [3.05, 3.63) is 83.4 Å². The number of hydrogen-bond donors (Lipinski definition) is 3. The van der Waals surface area contributed by atoms with Gasteiger partial charge in [0, 0.05) is 23.3 Å². The molecule has 0 spiro atoms. The van der Waals surface area contributed by atoms with Crippen LogP contribution in [0.2, 0.25) is 5.02 Å². The van der Waals surface area contributed by atoms with E-state index in [1.165, 1.54) is 32.2 Å². The van der Waals surface area contributed by atoms with Crippen LogP contribution in [0.5, 0.6) is 5.75 Å². The molecular weight excluding hydrogens is 478 g/mol. The van der Waals surface area contributed by atoms with Crippen molar-refractivity contribution in [2.24, 2.45) is 0 Å². The molecule has 2 amide bonds. The Balaban J connectivity index is 1.87. The Bertz CT molecular complexity index is 1270. The van der Waals surface area contributed by atoms with Gasteiger partial charge in [0.25, 0.3) is 0 Å². The van der Waals surface area contributed by atoms with Crippen LogP contribution < -0.4 is 20.1 Å². The molecule has 0 heterocycles. The number of benzene rings is 3. The SMILES string of the molecule is COc1ccc(Cl)cc1S(=O)(=O)N[C@H](Cc1ccccc1)C(=O)Nc1ccc(NC(C)=O)cc1. The molecule has 3 rings (SSSR count). The van der Waals surface area contributed by atoms with Crippen LogP contribution in [0.25, 0.3) is 0 Å². The molecule has 0 unspecified atom stereocenters. The number of rotatable bonds is 9. The fourth-order valence-electron chi connectivity index (χ4n) is 3.22. The molecule has 3 aromatic carbocycles. The fourth-order valence-corrected chi connectivity index (χ4v) is 4.85. The minimum atomic E-state index is -4.17. The monoisotopic (exact) mass is 501 g/mol. The summed E-state index contributed by atoms with van der Waals surface area (Å²) in [6.45, 7) is 1.39. The summed E-state index contributed by atoms with van der Waals surface area (Å²) < 4.78 is 34.1. The van der Waals surface area contributed by atoms with Gasteiger partial charge in [-0.3, -0.25) is 9.59 Å². The quantitative estimate of drug-likeness (QED) is 0.412. The molecule has 3 aromatic rings. The first kappa shape index (κ1) is 25.2. The van der Waals surface area contributed by atoms with E-state index in [2.05, 4.69) is 15.4 Å². The van der Waals surface area contributed by atoms with Crippen molar-refractivity contribution >= 4 is 44.8 Å². The number of sulfonamides is 1. The van der Waals surface area contributed by atoms with Crippen LogP contribution in [0.1, 0.15) is 12.5 Å². The average Bonchev–Trinajstić information content (AvgIpc) is 2.80. The summed E-state index contributed by atoms with van der Waals surface area (Å²) in [6.07, 6.45) is 0.110. The fraction of sp³-hybridized carbons (Fsp3) is 0.167. The zero-order valence-corrected chi connectivity index (χ0v) is 20.1. The number of carbonyl (C=O) groups is 2. The molecule has 0 aliphatic carbocycles. The highest BCUT2D eigenvalue weighted by atomic mass is 35.5. The van der Waals surface area contributed by atoms with Crippen molar-refractivity contribution in [2.45, 2.75) is 24.3 Å². The molecule has 3 N–H and O–H groups in total. The Morgan fingerprint density at radius 2 is 1.56 bits per heavy atom. The minimum Gasteiger partial charge on any atom is -0.495 e. The Labute approximate surface area is 203 Å². The lowest BCUT2D eigenvalue weighted by Crippen LogP contribution is -2.45. The van der Waals surface area contributed by atoms with Crippen LogP contribution in [0.4, 0.5) is 11.4 Å². The smallest absolute Gasteiger partial charge is 0.245 e. The van der Waals surface area contributed by atoms with E-state index < -0.39 is 22.0 Å². The molecule has 34 heavy (non-hydrogen) atoms. The molecule has 0 fully saturated rings. The van der Waals surface area contributed by atoms with Gasteiger partial charge in [0.1, 0.15) is 16.7 Å². The number of hydrogen-bond acceptors (Lipinski definition) is 5. The predicted molar refractivity (Wildman–Crippen MR) is 132 cm³/mol. The highest BCUT2D eigenvalue weighted by Gasteiger charge is 2.28. The number of methoxy groups -OCH3 is 1. The number of halogens is 1. The van der Waals surface area contributed by atoms with Crippen LogP contribution in [-0.4, -0.2) is 33.4 Å². The van der Waals surface area contributed by atoms with Crippen LogP contribution >= 0.6 is 11.6 Å². The first-order chi connectivity index (χ1) is 16.2. The third kappa shape index (κ3) is 6.80. The number of amides is 2. The maximum Gasteiger partial charge on any atom is 0.245 e. The third-order valence-corrected chi connectivity index (χ3v) is 6.51. The lowest BCUT2D eigenvalue weighted by atomic mass is 10.1. The highest BCUT2D eigenvalue weighted by Crippen LogP contribution is 2.27. The molecule has 0 bridgehead atoms. The van der Waals surface area contributed by atoms with E-state index in [1.807, 2.05) is 6.07 Å². The standard InChI is InChI=1S/C24H24ClN3O5S/c1-16(29)26-19-9-11-20(12-10-19)27-24(30)21(14-17-6-4-3-5-7-17)28-34(31,32)23-15-18(25)8-13-22(23)33-2/h3-13,15,21,28H,14H2,1-2H3,(H,26,29)(H,27,30)/t21-/m1/s1. The summed E-state index contributed by atoms with van der Waals surface area (Å²) >= 11 is 6.01. The van der Waals surface area contributed by atoms with Crippen molar-refractivity contribution < 1.29 is 22.7 Å². The second kappa shape index (κ2) is 11.1. The molecule has 0 aliphatic rings. The first-order valence-electron chi connectivity index (χ1n) is 10.3. The highest BCUT2D eigenvalue weighted by molar-refractivity contribution is 7.89. The van der Waals surface area contributed by atoms with Crippen LogP contribution in [0, 0.1) is 0 Å². The Kier molecular flexibility index (Phi) is 8.27. The van der Waals surface area contributed by atoms with Gasteiger partial charge in [0.15, 0.2) is 0 Å². The molecule has 0 saturated heterocycles. The van der Waals surface area contributed by atoms with Gasteiger partial charge in [-0.15, -0.1) is 0 Å². The van der Waals surface area contributed by atoms with E-state index in [1.54, 1.807) is 48.5 Å². The van der Waals surface area contributed by atoms with Gasteiger partial charge in [0.05, 0.1) is 7.11 Å². The van der Waals surface area contributed by atoms with Gasteiger partial charge in [-0.25, -0.2) is 8.42 Å². The van der Waals surface area contributed by atoms with Crippen molar-refractivity contribution in [3.8, 4) is 5.75 Å². The zero-order valence-electron chi connectivity index (χ0n) is 18.5. The summed E-state index contributed by atoms with van der Waals surface area (Å²) in [5.41, 5.74) is 1.78. The molecule has 0 saturated carbocycles. The molecule has 0 radical (unpaired) electrons. The van der Waals surface area contributed by atoms with Crippen LogP contribution in [0.3, 0.4) is 0 Å². The molecule has 10 heteroatoms. The summed E-state index contributed by atoms with van der Waals surface area (Å²) in [5.74, 6) is -0.671. The summed E-state index contributed by atoms with van der Waals surface area (Å²) in [7, 11) is -2.82. The first-order valence-corrected chi connectivity index (χ1v) is 12.1. The van der Waals surface area contributed by atoms with E-state index in [9.17, 15) is 18.0 Å². The van der Waals surface area contributed by atoms with Crippen molar-refractivity contribution in [2.75, 3.05) is 17.7 Å². The molecule has 8 nitrogen and oxygen atoms in total. The largest absolute Gasteiger partial charge is 0.495 e. The second-order valence-corrected chi connectivity index (χ2v) is 9.53. The van der Waals surface area contributed by atoms with E-state index in [0.29, 0.717) is 11.4 Å². The molecule has 0 aliphatic heterocycles. The van der Waals surface area contributed by atoms with Crippen LogP contribution in [-0.2, 0) is 26.0 Å². The van der Waals surface area contributed by atoms with Crippen LogP contribution in [0.15, 0.2) is 77.7 Å². The average molecular weight is 502 g/mol. The lowest BCUT2D eigenvalue weighted by Gasteiger charge is -2.20. The minimum absolute atomic E-state index is 0.101. The normalized spacial score (nSPS) is 12.0. The van der Waals surface area contributed by atoms with Gasteiger partial charge in [0.2, 0.25) is 21.8 Å². The maximum absolute atomic E-state index is 13.2. The second-order valence-electron chi connectivity index (χ2n) is 7.41. The van der Waals surface area contributed by atoms with Gasteiger partial charge in [-0.05, 0) is 54.4 Å². The predicted octanol–water partition coefficient (Wildman–Crippen LogP) is 3.84. The molecule has 1 atom stereocenters. The summed E-state index contributed by atoms with van der Waals surface area (Å²) in [6, 6.07) is 18.6. The van der Waals surface area contributed by atoms with E-state index >= 15 is 0 Å². The lowest BCUT2D eigenvalue weighted by molar-refractivity contribution is -0.117. The zero-order chi connectivity index (χ0) is 24.7. The van der Waals surface area contributed by atoms with Crippen molar-refractivity contribution in [1.29, 1.82) is 0 Å². The molecule has 0 aromatic heterocycles. The molecular formula is C24H24ClN3O5S. The molecule has 178 valence electrons. The number of carbonyl (C=O) groups excluding carboxylic acids is 2. The van der Waals surface area contributed by atoms with E-state index in [-0.39, 0.29) is 28.0 Å².